The molecule has 0 spiro atoms. The lowest BCUT2D eigenvalue weighted by Gasteiger charge is -2.34. The van der Waals surface area contributed by atoms with E-state index in [9.17, 15) is 10.2 Å². The van der Waals surface area contributed by atoms with Crippen LogP contribution in [-0.4, -0.2) is 45.8 Å². The molecule has 4 atom stereocenters. The standard InChI is InChI=1S/C22H40O4/c1-16(2)17(3)14-21(5,25)18(4)8-7-12-22(6)20(24)10-9-19(11-13-23)15-26-22/h11,14,16,18,20,23-25H,7-10,12-13,15H2,1-6H3/b17-14+,19-11+/t18?,20-,21?,22+/m1/s1. The average molecular weight is 369 g/mol. The van der Waals surface area contributed by atoms with Crippen molar-refractivity contribution in [3.63, 3.8) is 0 Å². The molecule has 1 aliphatic heterocycles. The monoisotopic (exact) mass is 368 g/mol. The largest absolute Gasteiger partial charge is 0.392 e. The van der Waals surface area contributed by atoms with Gasteiger partial charge in [0.05, 0.1) is 30.5 Å². The highest BCUT2D eigenvalue weighted by atomic mass is 16.5. The number of hydrogen-bond acceptors (Lipinski definition) is 4. The molecule has 1 fully saturated rings. The van der Waals surface area contributed by atoms with E-state index in [4.69, 9.17) is 9.84 Å². The third kappa shape index (κ3) is 6.80. The van der Waals surface area contributed by atoms with Gasteiger partial charge in [-0.15, -0.1) is 0 Å². The summed E-state index contributed by atoms with van der Waals surface area (Å²) in [6.45, 7) is 12.8. The zero-order valence-corrected chi connectivity index (χ0v) is 17.6. The van der Waals surface area contributed by atoms with Crippen LogP contribution < -0.4 is 0 Å². The van der Waals surface area contributed by atoms with Crippen molar-refractivity contribution in [2.24, 2.45) is 11.8 Å². The van der Waals surface area contributed by atoms with E-state index in [1.165, 1.54) is 5.57 Å². The normalized spacial score (nSPS) is 30.3. The summed E-state index contributed by atoms with van der Waals surface area (Å²) in [4.78, 5) is 0. The van der Waals surface area contributed by atoms with E-state index in [-0.39, 0.29) is 12.5 Å². The van der Waals surface area contributed by atoms with Gasteiger partial charge in [-0.25, -0.2) is 0 Å². The summed E-state index contributed by atoms with van der Waals surface area (Å²) in [5, 5.41) is 30.4. The molecule has 1 aliphatic rings. The smallest absolute Gasteiger partial charge is 0.0916 e. The Morgan fingerprint density at radius 3 is 2.62 bits per heavy atom. The van der Waals surface area contributed by atoms with Gasteiger partial charge >= 0.3 is 0 Å². The lowest BCUT2D eigenvalue weighted by Crippen LogP contribution is -2.41. The fourth-order valence-electron chi connectivity index (χ4n) is 3.40. The van der Waals surface area contributed by atoms with Gasteiger partial charge in [0.15, 0.2) is 0 Å². The van der Waals surface area contributed by atoms with Gasteiger partial charge in [-0.2, -0.15) is 0 Å². The maximum absolute atomic E-state index is 10.8. The van der Waals surface area contributed by atoms with Crippen LogP contribution in [0.5, 0.6) is 0 Å². The zero-order valence-electron chi connectivity index (χ0n) is 17.6. The highest BCUT2D eigenvalue weighted by Crippen LogP contribution is 2.33. The molecule has 26 heavy (non-hydrogen) atoms. The first kappa shape index (κ1) is 23.4. The van der Waals surface area contributed by atoms with Crippen molar-refractivity contribution in [2.75, 3.05) is 13.2 Å². The summed E-state index contributed by atoms with van der Waals surface area (Å²) in [5.41, 5.74) is 0.871. The fourth-order valence-corrected chi connectivity index (χ4v) is 3.40. The highest BCUT2D eigenvalue weighted by Gasteiger charge is 2.36. The topological polar surface area (TPSA) is 69.9 Å². The Kier molecular flexibility index (Phi) is 9.01. The summed E-state index contributed by atoms with van der Waals surface area (Å²) in [5.74, 6) is 0.566. The molecule has 0 radical (unpaired) electrons. The molecule has 0 aliphatic carbocycles. The Hall–Kier alpha value is -0.680. The Labute approximate surface area is 160 Å². The average Bonchev–Trinajstić information content (AvgIpc) is 2.68. The van der Waals surface area contributed by atoms with Gasteiger partial charge in [-0.05, 0) is 63.9 Å². The molecular formula is C22H40O4. The molecule has 2 unspecified atom stereocenters. The number of rotatable bonds is 8. The molecule has 0 saturated carbocycles. The molecule has 0 bridgehead atoms. The van der Waals surface area contributed by atoms with Crippen LogP contribution in [0.3, 0.4) is 0 Å². The number of allylic oxidation sites excluding steroid dienone is 1. The molecule has 0 aromatic heterocycles. The van der Waals surface area contributed by atoms with E-state index in [1.807, 2.05) is 19.9 Å². The van der Waals surface area contributed by atoms with E-state index < -0.39 is 17.3 Å². The third-order valence-corrected chi connectivity index (χ3v) is 6.15. The lowest BCUT2D eigenvalue weighted by atomic mass is 9.82. The van der Waals surface area contributed by atoms with Crippen LogP contribution in [0.4, 0.5) is 0 Å². The van der Waals surface area contributed by atoms with Gasteiger partial charge in [0, 0.05) is 0 Å². The second-order valence-electron chi connectivity index (χ2n) is 8.76. The van der Waals surface area contributed by atoms with E-state index in [2.05, 4.69) is 27.7 Å². The van der Waals surface area contributed by atoms with Crippen LogP contribution in [0.25, 0.3) is 0 Å². The molecule has 4 nitrogen and oxygen atoms in total. The molecule has 1 heterocycles. The molecule has 1 saturated heterocycles. The van der Waals surface area contributed by atoms with Gasteiger partial charge in [0.2, 0.25) is 0 Å². The summed E-state index contributed by atoms with van der Waals surface area (Å²) in [6, 6.07) is 0. The molecule has 0 amide bonds. The first-order valence-corrected chi connectivity index (χ1v) is 10.0. The van der Waals surface area contributed by atoms with E-state index >= 15 is 0 Å². The Morgan fingerprint density at radius 2 is 2.04 bits per heavy atom. The van der Waals surface area contributed by atoms with Crippen LogP contribution in [0.2, 0.25) is 0 Å². The van der Waals surface area contributed by atoms with E-state index in [0.29, 0.717) is 18.9 Å². The summed E-state index contributed by atoms with van der Waals surface area (Å²) in [6.07, 6.45) is 7.21. The van der Waals surface area contributed by atoms with E-state index in [1.54, 1.807) is 6.08 Å². The molecule has 0 aromatic rings. The van der Waals surface area contributed by atoms with Gasteiger partial charge in [0.1, 0.15) is 0 Å². The van der Waals surface area contributed by atoms with Crippen LogP contribution >= 0.6 is 0 Å². The Morgan fingerprint density at radius 1 is 1.38 bits per heavy atom. The Balaban J connectivity index is 2.62. The highest BCUT2D eigenvalue weighted by molar-refractivity contribution is 5.11. The predicted molar refractivity (Wildman–Crippen MR) is 107 cm³/mol. The zero-order chi connectivity index (χ0) is 20.0. The molecule has 3 N–H and O–H groups in total. The molecule has 1 rings (SSSR count). The van der Waals surface area contributed by atoms with Crippen LogP contribution in [-0.2, 0) is 4.74 Å². The number of aliphatic hydroxyl groups is 3. The minimum atomic E-state index is -0.824. The SMILES string of the molecule is C/C(=C\C(C)(O)C(C)CCC[C@]1(C)OC/C(=C/CO)CC[C@H]1O)C(C)C. The van der Waals surface area contributed by atoms with Crippen molar-refractivity contribution in [3.8, 4) is 0 Å². The first-order valence-electron chi connectivity index (χ1n) is 10.0. The minimum Gasteiger partial charge on any atom is -0.392 e. The Bertz CT molecular complexity index is 492. The minimum absolute atomic E-state index is 0.0153. The number of aliphatic hydroxyl groups excluding tert-OH is 2. The van der Waals surface area contributed by atoms with Gasteiger partial charge in [0.25, 0.3) is 0 Å². The predicted octanol–water partition coefficient (Wildman–Crippen LogP) is 3.99. The van der Waals surface area contributed by atoms with Crippen molar-refractivity contribution in [1.29, 1.82) is 0 Å². The second kappa shape index (κ2) is 10.0. The van der Waals surface area contributed by atoms with Gasteiger partial charge in [-0.1, -0.05) is 44.9 Å². The van der Waals surface area contributed by atoms with Crippen molar-refractivity contribution in [1.82, 2.24) is 0 Å². The summed E-state index contributed by atoms with van der Waals surface area (Å²) < 4.78 is 6.03. The number of ether oxygens (including phenoxy) is 1. The maximum atomic E-state index is 10.8. The van der Waals surface area contributed by atoms with Crippen molar-refractivity contribution < 1.29 is 20.1 Å². The molecule has 4 heteroatoms. The van der Waals surface area contributed by atoms with Crippen molar-refractivity contribution >= 4 is 0 Å². The van der Waals surface area contributed by atoms with Gasteiger partial charge < -0.3 is 20.1 Å². The van der Waals surface area contributed by atoms with E-state index in [0.717, 1.165) is 31.3 Å². The van der Waals surface area contributed by atoms with Crippen LogP contribution in [0, 0.1) is 11.8 Å². The molecule has 152 valence electrons. The lowest BCUT2D eigenvalue weighted by molar-refractivity contribution is -0.105. The van der Waals surface area contributed by atoms with Crippen LogP contribution in [0.1, 0.15) is 73.6 Å². The summed E-state index contributed by atoms with van der Waals surface area (Å²) in [7, 11) is 0. The van der Waals surface area contributed by atoms with Crippen molar-refractivity contribution in [2.45, 2.75) is 91.0 Å². The first-order chi connectivity index (χ1) is 12.0. The van der Waals surface area contributed by atoms with Gasteiger partial charge in [-0.3, -0.25) is 0 Å². The quantitative estimate of drug-likeness (QED) is 0.567. The molecule has 0 aromatic carbocycles. The second-order valence-corrected chi connectivity index (χ2v) is 8.76. The summed E-state index contributed by atoms with van der Waals surface area (Å²) >= 11 is 0. The molecular weight excluding hydrogens is 328 g/mol. The number of hydrogen-bond donors (Lipinski definition) is 3. The fraction of sp³-hybridized carbons (Fsp3) is 0.818. The van der Waals surface area contributed by atoms with Crippen molar-refractivity contribution in [3.05, 3.63) is 23.3 Å². The third-order valence-electron chi connectivity index (χ3n) is 6.15. The maximum Gasteiger partial charge on any atom is 0.0916 e. The van der Waals surface area contributed by atoms with Crippen LogP contribution in [0.15, 0.2) is 23.3 Å².